The molecule has 2 aliphatic rings. The van der Waals surface area contributed by atoms with E-state index in [0.717, 1.165) is 13.2 Å². The summed E-state index contributed by atoms with van der Waals surface area (Å²) >= 11 is 1.87. The topological polar surface area (TPSA) is 21.3 Å². The molecule has 1 spiro atoms. The minimum absolute atomic E-state index is 0.227. The zero-order chi connectivity index (χ0) is 14.9. The molecule has 0 aromatic carbocycles. The summed E-state index contributed by atoms with van der Waals surface area (Å²) in [4.78, 5) is 1.48. The summed E-state index contributed by atoms with van der Waals surface area (Å²) in [7, 11) is 0. The summed E-state index contributed by atoms with van der Waals surface area (Å²) in [6, 6.07) is 5.09. The molecule has 2 unspecified atom stereocenters. The maximum absolute atomic E-state index is 6.01. The largest absolute Gasteiger partial charge is 0.378 e. The summed E-state index contributed by atoms with van der Waals surface area (Å²) in [6.45, 7) is 8.76. The van der Waals surface area contributed by atoms with Crippen molar-refractivity contribution in [1.82, 2.24) is 5.32 Å². The van der Waals surface area contributed by atoms with Gasteiger partial charge in [0.25, 0.3) is 0 Å². The highest BCUT2D eigenvalue weighted by Gasteiger charge is 2.56. The van der Waals surface area contributed by atoms with E-state index >= 15 is 0 Å². The average molecular weight is 308 g/mol. The molecule has 0 amide bonds. The molecule has 0 aliphatic heterocycles. The van der Waals surface area contributed by atoms with E-state index in [1.807, 2.05) is 11.3 Å². The van der Waals surface area contributed by atoms with Gasteiger partial charge in [-0.25, -0.2) is 0 Å². The molecule has 2 nitrogen and oxygen atoms in total. The van der Waals surface area contributed by atoms with Gasteiger partial charge in [-0.3, -0.25) is 0 Å². The van der Waals surface area contributed by atoms with E-state index in [1.165, 1.54) is 37.0 Å². The van der Waals surface area contributed by atoms with E-state index in [9.17, 15) is 0 Å². The molecule has 3 heteroatoms. The van der Waals surface area contributed by atoms with Crippen molar-refractivity contribution >= 4 is 11.3 Å². The zero-order valence-corrected chi connectivity index (χ0v) is 14.5. The maximum Gasteiger partial charge on any atom is 0.0661 e. The van der Waals surface area contributed by atoms with Gasteiger partial charge in [-0.15, -0.1) is 11.3 Å². The predicted octanol–water partition coefficient (Wildman–Crippen LogP) is 4.35. The third kappa shape index (κ3) is 2.80. The minimum Gasteiger partial charge on any atom is -0.378 e. The second-order valence-corrected chi connectivity index (χ2v) is 8.36. The van der Waals surface area contributed by atoms with Crippen LogP contribution in [0.25, 0.3) is 0 Å². The molecule has 0 saturated heterocycles. The van der Waals surface area contributed by atoms with Crippen molar-refractivity contribution in [3.05, 3.63) is 22.4 Å². The summed E-state index contributed by atoms with van der Waals surface area (Å²) in [5.74, 6) is 0. The van der Waals surface area contributed by atoms with Crippen molar-refractivity contribution in [3.8, 4) is 0 Å². The van der Waals surface area contributed by atoms with Crippen LogP contribution >= 0.6 is 11.3 Å². The van der Waals surface area contributed by atoms with Gasteiger partial charge in [0.2, 0.25) is 0 Å². The van der Waals surface area contributed by atoms with Crippen LogP contribution in [0, 0.1) is 5.41 Å². The van der Waals surface area contributed by atoms with Crippen molar-refractivity contribution in [3.63, 3.8) is 0 Å². The number of rotatable bonds is 6. The first-order chi connectivity index (χ1) is 10.1. The first-order valence-electron chi connectivity index (χ1n) is 8.47. The van der Waals surface area contributed by atoms with Gasteiger partial charge in [-0.1, -0.05) is 32.8 Å². The summed E-state index contributed by atoms with van der Waals surface area (Å²) in [5.41, 5.74) is 0.673. The molecular weight excluding hydrogens is 278 g/mol. The molecular formula is C18H29NOS. The molecule has 1 N–H and O–H groups in total. The van der Waals surface area contributed by atoms with Crippen LogP contribution in [0.3, 0.4) is 0 Å². The molecule has 2 atom stereocenters. The molecule has 3 rings (SSSR count). The Hall–Kier alpha value is -0.380. The lowest BCUT2D eigenvalue weighted by molar-refractivity contribution is -0.130. The van der Waals surface area contributed by atoms with Crippen LogP contribution in [0.15, 0.2) is 17.5 Å². The second-order valence-electron chi connectivity index (χ2n) is 7.41. The van der Waals surface area contributed by atoms with E-state index in [2.05, 4.69) is 43.6 Å². The van der Waals surface area contributed by atoms with Gasteiger partial charge in [-0.2, -0.15) is 0 Å². The summed E-state index contributed by atoms with van der Waals surface area (Å²) in [5, 5.41) is 6.08. The maximum atomic E-state index is 6.01. The van der Waals surface area contributed by atoms with Gasteiger partial charge >= 0.3 is 0 Å². The van der Waals surface area contributed by atoms with E-state index in [1.54, 1.807) is 0 Å². The molecule has 21 heavy (non-hydrogen) atoms. The normalized spacial score (nSPS) is 28.0. The Morgan fingerprint density at radius 1 is 1.38 bits per heavy atom. The smallest absolute Gasteiger partial charge is 0.0661 e. The standard InChI is InChI=1S/C18H29NOS/c1-4-20-15-12-14(18(15)9-5-6-10-18)19-13-17(2,3)16-8-7-11-21-16/h7-8,11,14-15,19H,4-6,9-10,12-13H2,1-3H3. The van der Waals surface area contributed by atoms with Gasteiger partial charge < -0.3 is 10.1 Å². The van der Waals surface area contributed by atoms with Crippen LogP contribution in [-0.2, 0) is 10.2 Å². The van der Waals surface area contributed by atoms with Crippen LogP contribution in [0.2, 0.25) is 0 Å². The molecule has 1 aromatic heterocycles. The van der Waals surface area contributed by atoms with Crippen molar-refractivity contribution < 1.29 is 4.74 Å². The summed E-state index contributed by atoms with van der Waals surface area (Å²) in [6.07, 6.45) is 7.19. The van der Waals surface area contributed by atoms with E-state index < -0.39 is 0 Å². The fraction of sp³-hybridized carbons (Fsp3) is 0.778. The molecule has 2 saturated carbocycles. The Bertz CT molecular complexity index is 448. The molecule has 2 aliphatic carbocycles. The minimum atomic E-state index is 0.227. The van der Waals surface area contributed by atoms with Gasteiger partial charge in [0, 0.05) is 34.9 Å². The van der Waals surface area contributed by atoms with Gasteiger partial charge in [-0.05, 0) is 37.6 Å². The monoisotopic (exact) mass is 307 g/mol. The molecule has 118 valence electrons. The number of hydrogen-bond donors (Lipinski definition) is 1. The lowest BCUT2D eigenvalue weighted by Crippen LogP contribution is -2.63. The SMILES string of the molecule is CCOC1CC(NCC(C)(C)c2cccs2)C12CCCC2. The Labute approximate surface area is 133 Å². The van der Waals surface area contributed by atoms with E-state index in [4.69, 9.17) is 4.74 Å². The highest BCUT2D eigenvalue weighted by atomic mass is 32.1. The highest BCUT2D eigenvalue weighted by molar-refractivity contribution is 7.10. The molecule has 1 aromatic rings. The fourth-order valence-corrected chi connectivity index (χ4v) is 5.15. The Balaban J connectivity index is 1.61. The van der Waals surface area contributed by atoms with Crippen LogP contribution in [0.5, 0.6) is 0 Å². The first-order valence-corrected chi connectivity index (χ1v) is 9.35. The second kappa shape index (κ2) is 6.02. The van der Waals surface area contributed by atoms with Crippen molar-refractivity contribution in [1.29, 1.82) is 0 Å². The first kappa shape index (κ1) is 15.5. The molecule has 0 bridgehead atoms. The van der Waals surface area contributed by atoms with Crippen molar-refractivity contribution in [2.75, 3.05) is 13.2 Å². The Morgan fingerprint density at radius 2 is 2.14 bits per heavy atom. The quantitative estimate of drug-likeness (QED) is 0.843. The van der Waals surface area contributed by atoms with Crippen LogP contribution in [0.4, 0.5) is 0 Å². The summed E-state index contributed by atoms with van der Waals surface area (Å²) < 4.78 is 6.01. The third-order valence-electron chi connectivity index (χ3n) is 5.67. The predicted molar refractivity (Wildman–Crippen MR) is 90.1 cm³/mol. The molecule has 2 fully saturated rings. The molecule has 0 radical (unpaired) electrons. The third-order valence-corrected chi connectivity index (χ3v) is 6.90. The number of ether oxygens (including phenoxy) is 1. The van der Waals surface area contributed by atoms with Gasteiger partial charge in [0.05, 0.1) is 6.10 Å². The van der Waals surface area contributed by atoms with E-state index in [0.29, 0.717) is 17.6 Å². The fourth-order valence-electron chi connectivity index (χ4n) is 4.30. The van der Waals surface area contributed by atoms with Crippen molar-refractivity contribution in [2.24, 2.45) is 5.41 Å². The zero-order valence-electron chi connectivity index (χ0n) is 13.7. The number of thiophene rings is 1. The van der Waals surface area contributed by atoms with Crippen LogP contribution in [-0.4, -0.2) is 25.3 Å². The lowest BCUT2D eigenvalue weighted by atomic mass is 9.60. The van der Waals surface area contributed by atoms with Gasteiger partial charge in [0.1, 0.15) is 0 Å². The van der Waals surface area contributed by atoms with Crippen LogP contribution in [0.1, 0.15) is 57.8 Å². The number of nitrogens with one attached hydrogen (secondary N) is 1. The van der Waals surface area contributed by atoms with Gasteiger partial charge in [0.15, 0.2) is 0 Å². The highest BCUT2D eigenvalue weighted by Crippen LogP contribution is 2.54. The Morgan fingerprint density at radius 3 is 2.76 bits per heavy atom. The lowest BCUT2D eigenvalue weighted by Gasteiger charge is -2.55. The Kier molecular flexibility index (Phi) is 4.45. The number of hydrogen-bond acceptors (Lipinski definition) is 3. The molecule has 1 heterocycles. The average Bonchev–Trinajstić information content (AvgIpc) is 3.14. The van der Waals surface area contributed by atoms with Crippen LogP contribution < -0.4 is 5.32 Å². The van der Waals surface area contributed by atoms with E-state index in [-0.39, 0.29) is 5.41 Å². The van der Waals surface area contributed by atoms with Crippen molar-refractivity contribution in [2.45, 2.75) is 70.4 Å².